The van der Waals surface area contributed by atoms with Gasteiger partial charge in [0, 0.05) is 23.6 Å². The standard InChI is InChI=1S/C18H17FN2O5S/c19-16-4-2-1-3-13(16)9-10-20-17(22)11-26-18(23)12-27-15-7-5-14(6-8-15)21(24)25/h1-8H,9-12H2,(H,20,22). The monoisotopic (exact) mass is 392 g/mol. The quantitative estimate of drug-likeness (QED) is 0.305. The molecule has 0 unspecified atom stereocenters. The van der Waals surface area contributed by atoms with Gasteiger partial charge < -0.3 is 10.1 Å². The van der Waals surface area contributed by atoms with E-state index in [-0.39, 0.29) is 23.8 Å². The highest BCUT2D eigenvalue weighted by atomic mass is 32.2. The van der Waals surface area contributed by atoms with Crippen LogP contribution in [0.15, 0.2) is 53.4 Å². The number of nitro groups is 1. The number of nitrogens with zero attached hydrogens (tertiary/aromatic N) is 1. The number of carbonyl (C=O) groups is 2. The molecule has 2 aromatic rings. The molecule has 0 atom stereocenters. The molecule has 142 valence electrons. The average Bonchev–Trinajstić information content (AvgIpc) is 2.66. The van der Waals surface area contributed by atoms with Gasteiger partial charge in [-0.1, -0.05) is 18.2 Å². The van der Waals surface area contributed by atoms with Crippen LogP contribution in [0.5, 0.6) is 0 Å². The Kier molecular flexibility index (Phi) is 7.75. The molecule has 0 aliphatic heterocycles. The molecule has 0 saturated carbocycles. The number of non-ortho nitro benzene ring substituents is 1. The van der Waals surface area contributed by atoms with Gasteiger partial charge in [-0.3, -0.25) is 19.7 Å². The zero-order chi connectivity index (χ0) is 19.6. The molecule has 0 saturated heterocycles. The molecular formula is C18H17FN2O5S. The van der Waals surface area contributed by atoms with Crippen LogP contribution in [-0.2, 0) is 20.7 Å². The van der Waals surface area contributed by atoms with Crippen molar-refractivity contribution in [2.75, 3.05) is 18.9 Å². The number of ether oxygens (including phenoxy) is 1. The van der Waals surface area contributed by atoms with Crippen molar-refractivity contribution in [1.29, 1.82) is 0 Å². The highest BCUT2D eigenvalue weighted by Gasteiger charge is 2.10. The van der Waals surface area contributed by atoms with E-state index < -0.39 is 23.4 Å². The smallest absolute Gasteiger partial charge is 0.316 e. The second-order valence-corrected chi connectivity index (χ2v) is 6.44. The third-order valence-corrected chi connectivity index (χ3v) is 4.43. The van der Waals surface area contributed by atoms with E-state index in [4.69, 9.17) is 4.74 Å². The van der Waals surface area contributed by atoms with Crippen LogP contribution >= 0.6 is 11.8 Å². The number of nitro benzene ring substituents is 1. The van der Waals surface area contributed by atoms with Crippen molar-refractivity contribution >= 4 is 29.3 Å². The summed E-state index contributed by atoms with van der Waals surface area (Å²) >= 11 is 1.15. The SMILES string of the molecule is O=C(COC(=O)CSc1ccc([N+](=O)[O-])cc1)NCCc1ccccc1F. The predicted octanol–water partition coefficient (Wildman–Crippen LogP) is 2.73. The topological polar surface area (TPSA) is 98.5 Å². The highest BCUT2D eigenvalue weighted by Crippen LogP contribution is 2.21. The third kappa shape index (κ3) is 7.06. The fraction of sp³-hybridized carbons (Fsp3) is 0.222. The van der Waals surface area contributed by atoms with E-state index in [0.717, 1.165) is 11.8 Å². The van der Waals surface area contributed by atoms with Crippen LogP contribution in [0, 0.1) is 15.9 Å². The summed E-state index contributed by atoms with van der Waals surface area (Å²) in [5, 5.41) is 13.1. The minimum Gasteiger partial charge on any atom is -0.455 e. The van der Waals surface area contributed by atoms with Crippen LogP contribution in [-0.4, -0.2) is 35.7 Å². The first-order valence-electron chi connectivity index (χ1n) is 7.98. The van der Waals surface area contributed by atoms with Crippen molar-refractivity contribution in [1.82, 2.24) is 5.32 Å². The number of thioether (sulfide) groups is 1. The van der Waals surface area contributed by atoms with Gasteiger partial charge in [-0.15, -0.1) is 11.8 Å². The van der Waals surface area contributed by atoms with Gasteiger partial charge in [0.2, 0.25) is 0 Å². The lowest BCUT2D eigenvalue weighted by Crippen LogP contribution is -2.30. The van der Waals surface area contributed by atoms with Gasteiger partial charge in [-0.25, -0.2) is 4.39 Å². The fourth-order valence-corrected chi connectivity index (χ4v) is 2.78. The molecule has 0 radical (unpaired) electrons. The molecule has 1 amide bonds. The number of rotatable bonds is 9. The Bertz CT molecular complexity index is 814. The summed E-state index contributed by atoms with van der Waals surface area (Å²) in [5.74, 6) is -1.41. The van der Waals surface area contributed by atoms with Crippen molar-refractivity contribution in [3.8, 4) is 0 Å². The van der Waals surface area contributed by atoms with Crippen molar-refractivity contribution in [2.24, 2.45) is 0 Å². The maximum absolute atomic E-state index is 13.4. The molecule has 2 aromatic carbocycles. The molecule has 0 heterocycles. The molecule has 0 aliphatic rings. The number of amides is 1. The Hall–Kier alpha value is -2.94. The van der Waals surface area contributed by atoms with Crippen molar-refractivity contribution in [2.45, 2.75) is 11.3 Å². The van der Waals surface area contributed by atoms with E-state index in [2.05, 4.69) is 5.32 Å². The van der Waals surface area contributed by atoms with Crippen LogP contribution < -0.4 is 5.32 Å². The lowest BCUT2D eigenvalue weighted by Gasteiger charge is -2.07. The molecule has 0 fully saturated rings. The summed E-state index contributed by atoms with van der Waals surface area (Å²) in [6.07, 6.45) is 0.336. The van der Waals surface area contributed by atoms with Crippen molar-refractivity contribution in [3.05, 3.63) is 70.0 Å². The Morgan fingerprint density at radius 3 is 2.52 bits per heavy atom. The normalized spacial score (nSPS) is 10.3. The van der Waals surface area contributed by atoms with Gasteiger partial charge in [0.25, 0.3) is 11.6 Å². The van der Waals surface area contributed by atoms with Crippen LogP contribution in [0.2, 0.25) is 0 Å². The van der Waals surface area contributed by atoms with Gasteiger partial charge >= 0.3 is 5.97 Å². The second kappa shape index (κ2) is 10.3. The van der Waals surface area contributed by atoms with Gasteiger partial charge in [-0.2, -0.15) is 0 Å². The molecule has 0 aliphatic carbocycles. The number of halogens is 1. The minimum absolute atomic E-state index is 0.0275. The summed E-state index contributed by atoms with van der Waals surface area (Å²) in [4.78, 5) is 34.0. The lowest BCUT2D eigenvalue weighted by molar-refractivity contribution is -0.384. The summed E-state index contributed by atoms with van der Waals surface area (Å²) in [6.45, 7) is -0.189. The van der Waals surface area contributed by atoms with E-state index in [1.165, 1.54) is 30.3 Å². The summed E-state index contributed by atoms with van der Waals surface area (Å²) < 4.78 is 18.3. The number of carbonyl (C=O) groups excluding carboxylic acids is 2. The first-order chi connectivity index (χ1) is 13.0. The summed E-state index contributed by atoms with van der Waals surface area (Å²) in [7, 11) is 0. The number of nitrogens with one attached hydrogen (secondary N) is 1. The Labute approximate surface area is 159 Å². The Morgan fingerprint density at radius 2 is 1.85 bits per heavy atom. The lowest BCUT2D eigenvalue weighted by atomic mass is 10.1. The minimum atomic E-state index is -0.581. The molecule has 1 N–H and O–H groups in total. The van der Waals surface area contributed by atoms with E-state index in [1.807, 2.05) is 0 Å². The van der Waals surface area contributed by atoms with Crippen molar-refractivity contribution < 1.29 is 23.6 Å². The summed E-state index contributed by atoms with van der Waals surface area (Å²) in [6, 6.07) is 12.0. The Morgan fingerprint density at radius 1 is 1.15 bits per heavy atom. The molecular weight excluding hydrogens is 375 g/mol. The maximum atomic E-state index is 13.4. The molecule has 2 rings (SSSR count). The largest absolute Gasteiger partial charge is 0.455 e. The van der Waals surface area contributed by atoms with Crippen LogP contribution in [0.1, 0.15) is 5.56 Å². The number of hydrogen-bond acceptors (Lipinski definition) is 6. The predicted molar refractivity (Wildman–Crippen MR) is 97.9 cm³/mol. The first-order valence-corrected chi connectivity index (χ1v) is 8.97. The van der Waals surface area contributed by atoms with Gasteiger partial charge in [0.15, 0.2) is 6.61 Å². The molecule has 0 aromatic heterocycles. The third-order valence-electron chi connectivity index (χ3n) is 3.44. The number of hydrogen-bond donors (Lipinski definition) is 1. The molecule has 0 bridgehead atoms. The first kappa shape index (κ1) is 20.4. The molecule has 9 heteroatoms. The van der Waals surface area contributed by atoms with Crippen LogP contribution in [0.3, 0.4) is 0 Å². The van der Waals surface area contributed by atoms with Gasteiger partial charge in [-0.05, 0) is 30.2 Å². The fourth-order valence-electron chi connectivity index (χ4n) is 2.08. The number of benzene rings is 2. The zero-order valence-corrected chi connectivity index (χ0v) is 15.0. The molecule has 7 nitrogen and oxygen atoms in total. The zero-order valence-electron chi connectivity index (χ0n) is 14.2. The second-order valence-electron chi connectivity index (χ2n) is 5.39. The maximum Gasteiger partial charge on any atom is 0.316 e. The van der Waals surface area contributed by atoms with Crippen LogP contribution in [0.4, 0.5) is 10.1 Å². The molecule has 27 heavy (non-hydrogen) atoms. The number of esters is 1. The van der Waals surface area contributed by atoms with Crippen LogP contribution in [0.25, 0.3) is 0 Å². The van der Waals surface area contributed by atoms with Gasteiger partial charge in [0.05, 0.1) is 10.7 Å². The van der Waals surface area contributed by atoms with E-state index in [0.29, 0.717) is 16.9 Å². The molecule has 0 spiro atoms. The average molecular weight is 392 g/mol. The van der Waals surface area contributed by atoms with Gasteiger partial charge in [0.1, 0.15) is 5.82 Å². The van der Waals surface area contributed by atoms with E-state index >= 15 is 0 Å². The van der Waals surface area contributed by atoms with E-state index in [1.54, 1.807) is 18.2 Å². The highest BCUT2D eigenvalue weighted by molar-refractivity contribution is 8.00. The Balaban J connectivity index is 1.63. The van der Waals surface area contributed by atoms with Crippen molar-refractivity contribution in [3.63, 3.8) is 0 Å². The van der Waals surface area contributed by atoms with E-state index in [9.17, 15) is 24.1 Å². The summed E-state index contributed by atoms with van der Waals surface area (Å²) in [5.41, 5.74) is 0.461.